The van der Waals surface area contributed by atoms with Gasteiger partial charge in [0.1, 0.15) is 18.4 Å². The predicted octanol–water partition coefficient (Wildman–Crippen LogP) is 7.10. The third kappa shape index (κ3) is 7.05. The molecule has 0 radical (unpaired) electrons. The minimum Gasteiger partial charge on any atom is -0.461 e. The van der Waals surface area contributed by atoms with Crippen LogP contribution < -0.4 is 0 Å². The van der Waals surface area contributed by atoms with Crippen LogP contribution in [0.15, 0.2) is 128 Å². The highest BCUT2D eigenvalue weighted by atomic mass is 16.5. The third-order valence-corrected chi connectivity index (χ3v) is 8.26. The Morgan fingerprint density at radius 1 is 0.800 bits per heavy atom. The van der Waals surface area contributed by atoms with Crippen molar-refractivity contribution in [2.45, 2.75) is 51.1 Å². The first-order valence-corrected chi connectivity index (χ1v) is 15.3. The first-order valence-electron chi connectivity index (χ1n) is 15.3. The highest BCUT2D eigenvalue weighted by Crippen LogP contribution is 2.34. The van der Waals surface area contributed by atoms with Gasteiger partial charge in [0.15, 0.2) is 0 Å². The lowest BCUT2D eigenvalue weighted by Gasteiger charge is -2.36. The molecule has 7 nitrogen and oxygen atoms in total. The van der Waals surface area contributed by atoms with Crippen LogP contribution >= 0.6 is 0 Å². The molecule has 4 aromatic carbocycles. The SMILES string of the molecule is CC1(C)OC[C@H](Cc2ccccc2)N1C(=O)C(CC(=O)OCc1ccccc1)n1cc(-c2ccc(-c3ccccc3)cc2)cn1. The Hall–Kier alpha value is -5.01. The van der Waals surface area contributed by atoms with Gasteiger partial charge in [0, 0.05) is 11.8 Å². The quantitative estimate of drug-likeness (QED) is 0.160. The number of esters is 1. The average Bonchev–Trinajstić information content (AvgIpc) is 3.68. The third-order valence-electron chi connectivity index (χ3n) is 8.26. The van der Waals surface area contributed by atoms with Gasteiger partial charge in [-0.15, -0.1) is 0 Å². The normalized spacial score (nSPS) is 16.3. The molecule has 1 saturated heterocycles. The molecule has 228 valence electrons. The molecule has 7 heteroatoms. The molecule has 0 spiro atoms. The molecule has 1 aromatic heterocycles. The monoisotopic (exact) mass is 599 g/mol. The van der Waals surface area contributed by atoms with Crippen molar-refractivity contribution in [3.05, 3.63) is 139 Å². The lowest BCUT2D eigenvalue weighted by molar-refractivity contribution is -0.156. The minimum atomic E-state index is -0.912. The number of aromatic nitrogens is 2. The molecule has 1 unspecified atom stereocenters. The largest absolute Gasteiger partial charge is 0.461 e. The van der Waals surface area contributed by atoms with Crippen LogP contribution in [0.1, 0.15) is 37.4 Å². The van der Waals surface area contributed by atoms with Crippen LogP contribution in [0.3, 0.4) is 0 Å². The van der Waals surface area contributed by atoms with Crippen molar-refractivity contribution in [2.24, 2.45) is 0 Å². The molecule has 1 aliphatic heterocycles. The van der Waals surface area contributed by atoms with Crippen molar-refractivity contribution in [3.63, 3.8) is 0 Å². The molecule has 2 atom stereocenters. The first kappa shape index (κ1) is 30.0. The van der Waals surface area contributed by atoms with E-state index in [4.69, 9.17) is 9.47 Å². The van der Waals surface area contributed by atoms with Crippen LogP contribution in [0.5, 0.6) is 0 Å². The second-order valence-corrected chi connectivity index (χ2v) is 11.8. The molecule has 0 aliphatic carbocycles. The summed E-state index contributed by atoms with van der Waals surface area (Å²) in [7, 11) is 0. The second-order valence-electron chi connectivity index (χ2n) is 11.8. The van der Waals surface area contributed by atoms with Gasteiger partial charge in [-0.1, -0.05) is 115 Å². The summed E-state index contributed by atoms with van der Waals surface area (Å²) in [5.74, 6) is -0.705. The molecule has 1 amide bonds. The molecule has 0 N–H and O–H groups in total. The summed E-state index contributed by atoms with van der Waals surface area (Å²) in [5.41, 5.74) is 5.20. The zero-order valence-corrected chi connectivity index (χ0v) is 25.6. The van der Waals surface area contributed by atoms with Crippen molar-refractivity contribution in [3.8, 4) is 22.3 Å². The molecular formula is C38H37N3O4. The number of rotatable bonds is 10. The van der Waals surface area contributed by atoms with E-state index in [-0.39, 0.29) is 25.0 Å². The summed E-state index contributed by atoms with van der Waals surface area (Å²) in [6.07, 6.45) is 4.05. The summed E-state index contributed by atoms with van der Waals surface area (Å²) in [4.78, 5) is 29.5. The Kier molecular flexibility index (Phi) is 8.89. The first-order chi connectivity index (χ1) is 21.9. The molecule has 6 rings (SSSR count). The number of ether oxygens (including phenoxy) is 2. The number of nitrogens with zero attached hydrogens (tertiary/aromatic N) is 3. The van der Waals surface area contributed by atoms with E-state index < -0.39 is 17.7 Å². The van der Waals surface area contributed by atoms with Crippen LogP contribution in [0.25, 0.3) is 22.3 Å². The van der Waals surface area contributed by atoms with Crippen LogP contribution in [0.2, 0.25) is 0 Å². The Morgan fingerprint density at radius 2 is 1.36 bits per heavy atom. The zero-order chi connectivity index (χ0) is 31.2. The van der Waals surface area contributed by atoms with Gasteiger partial charge < -0.3 is 14.4 Å². The predicted molar refractivity (Wildman–Crippen MR) is 174 cm³/mol. The van der Waals surface area contributed by atoms with E-state index in [1.54, 1.807) is 15.8 Å². The van der Waals surface area contributed by atoms with Crippen LogP contribution in [0.4, 0.5) is 0 Å². The zero-order valence-electron chi connectivity index (χ0n) is 25.6. The molecule has 2 heterocycles. The average molecular weight is 600 g/mol. The molecule has 1 fully saturated rings. The van der Waals surface area contributed by atoms with Gasteiger partial charge in [0.05, 0.1) is 25.3 Å². The van der Waals surface area contributed by atoms with E-state index in [9.17, 15) is 9.59 Å². The maximum atomic E-state index is 14.5. The van der Waals surface area contributed by atoms with Gasteiger partial charge in [0.2, 0.25) is 0 Å². The fourth-order valence-electron chi connectivity index (χ4n) is 5.92. The fraction of sp³-hybridized carbons (Fsp3) is 0.237. The number of amides is 1. The second kappa shape index (κ2) is 13.3. The van der Waals surface area contributed by atoms with Gasteiger partial charge in [0.25, 0.3) is 5.91 Å². The van der Waals surface area contributed by atoms with Gasteiger partial charge in [-0.2, -0.15) is 5.10 Å². The lowest BCUT2D eigenvalue weighted by atomic mass is 10.0. The van der Waals surface area contributed by atoms with Crippen molar-refractivity contribution in [1.82, 2.24) is 14.7 Å². The highest BCUT2D eigenvalue weighted by molar-refractivity contribution is 5.86. The van der Waals surface area contributed by atoms with E-state index in [0.717, 1.165) is 33.4 Å². The number of carbonyl (C=O) groups is 2. The van der Waals surface area contributed by atoms with E-state index in [1.165, 1.54) is 0 Å². The number of carbonyl (C=O) groups excluding carboxylic acids is 2. The molecule has 0 bridgehead atoms. The maximum absolute atomic E-state index is 14.5. The number of hydrogen-bond donors (Lipinski definition) is 0. The summed E-state index contributed by atoms with van der Waals surface area (Å²) >= 11 is 0. The van der Waals surface area contributed by atoms with Crippen molar-refractivity contribution in [2.75, 3.05) is 6.61 Å². The molecule has 5 aromatic rings. The van der Waals surface area contributed by atoms with Crippen LogP contribution in [-0.4, -0.2) is 44.9 Å². The Morgan fingerprint density at radius 3 is 2.00 bits per heavy atom. The lowest BCUT2D eigenvalue weighted by Crippen LogP contribution is -2.51. The van der Waals surface area contributed by atoms with Crippen LogP contribution in [-0.2, 0) is 32.1 Å². The Balaban J connectivity index is 1.27. The standard InChI is InChI=1S/C38H37N3O4/c1-38(2)41(34(27-45-38)22-28-12-6-3-7-13-28)37(43)35(23-36(42)44-26-29-14-8-4-9-15-29)40-25-33(24-39-40)32-20-18-31(19-21-32)30-16-10-5-11-17-30/h3-21,24-25,34-35H,22-23,26-27H2,1-2H3/t34-,35?/m0/s1. The van der Waals surface area contributed by atoms with E-state index in [0.29, 0.717) is 13.0 Å². The van der Waals surface area contributed by atoms with Gasteiger partial charge in [-0.25, -0.2) is 0 Å². The Bertz CT molecular complexity index is 1720. The number of hydrogen-bond acceptors (Lipinski definition) is 5. The molecular weight excluding hydrogens is 562 g/mol. The van der Waals surface area contributed by atoms with Gasteiger partial charge in [-0.05, 0) is 48.1 Å². The van der Waals surface area contributed by atoms with E-state index >= 15 is 0 Å². The van der Waals surface area contributed by atoms with Crippen LogP contribution in [0, 0.1) is 0 Å². The molecule has 0 saturated carbocycles. The smallest absolute Gasteiger partial charge is 0.308 e. The maximum Gasteiger partial charge on any atom is 0.308 e. The summed E-state index contributed by atoms with van der Waals surface area (Å²) < 4.78 is 13.4. The highest BCUT2D eigenvalue weighted by Gasteiger charge is 2.46. The summed E-state index contributed by atoms with van der Waals surface area (Å²) in [5, 5.41) is 4.61. The van der Waals surface area contributed by atoms with Gasteiger partial charge in [-0.3, -0.25) is 14.3 Å². The molecule has 45 heavy (non-hydrogen) atoms. The van der Waals surface area contributed by atoms with Crippen molar-refractivity contribution in [1.29, 1.82) is 0 Å². The summed E-state index contributed by atoms with van der Waals surface area (Å²) in [6, 6.07) is 36.9. The minimum absolute atomic E-state index is 0.133. The van der Waals surface area contributed by atoms with E-state index in [1.807, 2.05) is 98.9 Å². The van der Waals surface area contributed by atoms with E-state index in [2.05, 4.69) is 41.5 Å². The molecule has 1 aliphatic rings. The fourth-order valence-corrected chi connectivity index (χ4v) is 5.92. The van der Waals surface area contributed by atoms with Crippen molar-refractivity contribution < 1.29 is 19.1 Å². The summed E-state index contributed by atoms with van der Waals surface area (Å²) in [6.45, 7) is 4.32. The van der Waals surface area contributed by atoms with Gasteiger partial charge >= 0.3 is 5.97 Å². The Labute approximate surface area is 264 Å². The number of benzene rings is 4. The van der Waals surface area contributed by atoms with Crippen molar-refractivity contribution >= 4 is 11.9 Å². The topological polar surface area (TPSA) is 73.7 Å².